The molecule has 21 heavy (non-hydrogen) atoms. The maximum Gasteiger partial charge on any atom is 0.184 e. The summed E-state index contributed by atoms with van der Waals surface area (Å²) in [4.78, 5) is 2.92. The number of nitrogens with one attached hydrogen (secondary N) is 1. The highest BCUT2D eigenvalue weighted by molar-refractivity contribution is 7.71. The van der Waals surface area contributed by atoms with E-state index in [1.165, 1.54) is 11.6 Å². The van der Waals surface area contributed by atoms with Crippen LogP contribution in [-0.4, -0.2) is 9.55 Å². The highest BCUT2D eigenvalue weighted by Crippen LogP contribution is 2.22. The van der Waals surface area contributed by atoms with E-state index in [4.69, 9.17) is 12.2 Å². The van der Waals surface area contributed by atoms with Crippen molar-refractivity contribution in [2.45, 2.75) is 19.9 Å². The number of fused-ring (bicyclic) bond motifs is 1. The van der Waals surface area contributed by atoms with Crippen LogP contribution in [0.1, 0.15) is 18.1 Å². The highest BCUT2D eigenvalue weighted by atomic mass is 32.1. The number of hydrogen-bond donors (Lipinski definition) is 1. The lowest BCUT2D eigenvalue weighted by Gasteiger charge is -2.10. The van der Waals surface area contributed by atoms with E-state index in [9.17, 15) is 8.78 Å². The van der Waals surface area contributed by atoms with Crippen molar-refractivity contribution in [1.29, 1.82) is 0 Å². The molecule has 1 N–H and O–H groups in total. The first-order valence-electron chi connectivity index (χ1n) is 6.75. The van der Waals surface area contributed by atoms with Gasteiger partial charge in [0.15, 0.2) is 16.4 Å². The largest absolute Gasteiger partial charge is 0.330 e. The number of halogens is 2. The summed E-state index contributed by atoms with van der Waals surface area (Å²) in [6.07, 6.45) is 0.878. The Morgan fingerprint density at radius 1 is 1.10 bits per heavy atom. The van der Waals surface area contributed by atoms with Gasteiger partial charge in [0.1, 0.15) is 5.52 Å². The predicted molar refractivity (Wildman–Crippen MR) is 82.0 cm³/mol. The molecule has 5 heteroatoms. The van der Waals surface area contributed by atoms with Crippen LogP contribution in [-0.2, 0) is 13.0 Å². The molecule has 0 aliphatic rings. The molecule has 108 valence electrons. The molecule has 3 rings (SSSR count). The Balaban J connectivity index is 2.19. The van der Waals surface area contributed by atoms with Crippen molar-refractivity contribution in [3.05, 3.63) is 63.9 Å². The molecule has 2 nitrogen and oxygen atoms in total. The summed E-state index contributed by atoms with van der Waals surface area (Å²) in [5, 5.41) is 0. The maximum absolute atomic E-state index is 14.1. The fourth-order valence-electron chi connectivity index (χ4n) is 2.57. The van der Waals surface area contributed by atoms with Crippen LogP contribution in [0.2, 0.25) is 0 Å². The van der Waals surface area contributed by atoms with E-state index in [2.05, 4.69) is 11.9 Å². The minimum atomic E-state index is -0.867. The van der Waals surface area contributed by atoms with E-state index in [-0.39, 0.29) is 5.52 Å². The molecular formula is C16H14F2N2S. The number of hydrogen-bond acceptors (Lipinski definition) is 1. The second-order valence-corrected chi connectivity index (χ2v) is 5.28. The van der Waals surface area contributed by atoms with Gasteiger partial charge in [0.25, 0.3) is 0 Å². The summed E-state index contributed by atoms with van der Waals surface area (Å²) in [5.41, 5.74) is 2.92. The molecule has 0 saturated heterocycles. The first kappa shape index (κ1) is 13.9. The second kappa shape index (κ2) is 5.41. The average Bonchev–Trinajstić information content (AvgIpc) is 2.80. The predicted octanol–water partition coefficient (Wildman–Crippen LogP) is 4.59. The third-order valence-corrected chi connectivity index (χ3v) is 3.98. The number of aryl methyl sites for hydroxylation is 1. The Hall–Kier alpha value is -2.01. The maximum atomic E-state index is 14.1. The van der Waals surface area contributed by atoms with Gasteiger partial charge in [0, 0.05) is 0 Å². The minimum absolute atomic E-state index is 0.186. The smallest absolute Gasteiger partial charge is 0.184 e. The Bertz CT molecular complexity index is 864. The van der Waals surface area contributed by atoms with E-state index in [0.29, 0.717) is 16.8 Å². The van der Waals surface area contributed by atoms with Crippen molar-refractivity contribution in [1.82, 2.24) is 9.55 Å². The van der Waals surface area contributed by atoms with Crippen molar-refractivity contribution in [3.63, 3.8) is 0 Å². The second-order valence-electron chi connectivity index (χ2n) is 4.90. The van der Waals surface area contributed by atoms with E-state index >= 15 is 0 Å². The van der Waals surface area contributed by atoms with Gasteiger partial charge >= 0.3 is 0 Å². The average molecular weight is 304 g/mol. The van der Waals surface area contributed by atoms with Crippen LogP contribution in [0.25, 0.3) is 11.0 Å². The van der Waals surface area contributed by atoms with Gasteiger partial charge < -0.3 is 9.55 Å². The summed E-state index contributed by atoms with van der Waals surface area (Å²) >= 11 is 5.25. The number of aromatic amines is 1. The van der Waals surface area contributed by atoms with Crippen LogP contribution in [0, 0.1) is 16.4 Å². The third kappa shape index (κ3) is 2.38. The molecule has 0 atom stereocenters. The monoisotopic (exact) mass is 304 g/mol. The lowest BCUT2D eigenvalue weighted by atomic mass is 10.1. The van der Waals surface area contributed by atoms with Crippen LogP contribution >= 0.6 is 12.2 Å². The number of imidazole rings is 1. The summed E-state index contributed by atoms with van der Waals surface area (Å²) in [6.45, 7) is 2.48. The quantitative estimate of drug-likeness (QED) is 0.702. The van der Waals surface area contributed by atoms with Crippen LogP contribution in [0.4, 0.5) is 8.78 Å². The summed E-state index contributed by atoms with van der Waals surface area (Å²) in [6, 6.07) is 10.5. The topological polar surface area (TPSA) is 20.7 Å². The van der Waals surface area contributed by atoms with Gasteiger partial charge in [-0.2, -0.15) is 0 Å². The Kier molecular flexibility index (Phi) is 3.59. The van der Waals surface area contributed by atoms with Gasteiger partial charge in [-0.15, -0.1) is 0 Å². The Morgan fingerprint density at radius 3 is 2.52 bits per heavy atom. The van der Waals surface area contributed by atoms with Crippen LogP contribution in [0.5, 0.6) is 0 Å². The van der Waals surface area contributed by atoms with Crippen LogP contribution < -0.4 is 0 Å². The van der Waals surface area contributed by atoms with Crippen molar-refractivity contribution in [2.75, 3.05) is 0 Å². The number of rotatable bonds is 3. The van der Waals surface area contributed by atoms with Gasteiger partial charge in [-0.1, -0.05) is 31.2 Å². The van der Waals surface area contributed by atoms with E-state index in [0.717, 1.165) is 18.1 Å². The van der Waals surface area contributed by atoms with Gasteiger partial charge in [0.2, 0.25) is 0 Å². The zero-order valence-corrected chi connectivity index (χ0v) is 12.3. The Labute approximate surface area is 126 Å². The van der Waals surface area contributed by atoms with Crippen molar-refractivity contribution < 1.29 is 8.78 Å². The van der Waals surface area contributed by atoms with Crippen LogP contribution in [0.15, 0.2) is 36.4 Å². The zero-order valence-electron chi connectivity index (χ0n) is 11.5. The van der Waals surface area contributed by atoms with E-state index in [1.807, 2.05) is 24.3 Å². The molecule has 2 aromatic carbocycles. The molecule has 0 saturated carbocycles. The number of nitrogens with zero attached hydrogens (tertiary/aromatic N) is 1. The molecule has 0 aliphatic heterocycles. The van der Waals surface area contributed by atoms with Gasteiger partial charge in [-0.05, 0) is 41.9 Å². The van der Waals surface area contributed by atoms with Crippen molar-refractivity contribution >= 4 is 23.3 Å². The van der Waals surface area contributed by atoms with Gasteiger partial charge in [0.05, 0.1) is 12.1 Å². The number of benzene rings is 2. The number of H-pyrrole nitrogens is 1. The normalized spacial score (nSPS) is 11.2. The molecule has 0 spiro atoms. The highest BCUT2D eigenvalue weighted by Gasteiger charge is 2.14. The first-order chi connectivity index (χ1) is 10.1. The Morgan fingerprint density at radius 2 is 1.81 bits per heavy atom. The van der Waals surface area contributed by atoms with Crippen molar-refractivity contribution in [2.24, 2.45) is 0 Å². The lowest BCUT2D eigenvalue weighted by Crippen LogP contribution is -2.04. The molecule has 0 amide bonds. The lowest BCUT2D eigenvalue weighted by molar-refractivity contribution is 0.512. The molecule has 1 aromatic heterocycles. The molecule has 0 fully saturated rings. The van der Waals surface area contributed by atoms with E-state index in [1.54, 1.807) is 4.57 Å². The molecule has 0 aliphatic carbocycles. The summed E-state index contributed by atoms with van der Waals surface area (Å²) < 4.78 is 29.6. The fraction of sp³-hybridized carbons (Fsp3) is 0.188. The molecule has 0 bridgehead atoms. The summed E-state index contributed by atoms with van der Waals surface area (Å²) in [5.74, 6) is -1.73. The van der Waals surface area contributed by atoms with Crippen LogP contribution in [0.3, 0.4) is 0 Å². The molecular weight excluding hydrogens is 290 g/mol. The first-order valence-corrected chi connectivity index (χ1v) is 7.16. The fourth-order valence-corrected chi connectivity index (χ4v) is 2.83. The molecule has 0 radical (unpaired) electrons. The number of aromatic nitrogens is 2. The van der Waals surface area contributed by atoms with E-state index < -0.39 is 11.6 Å². The van der Waals surface area contributed by atoms with Gasteiger partial charge in [-0.3, -0.25) is 0 Å². The molecule has 1 heterocycles. The standard InChI is InChI=1S/C16H14F2N2S/c1-2-10-5-3-4-6-11(10)9-20-15-13(19-16(20)21)8-7-12(17)14(15)18/h3-8H,2,9H2,1H3,(H,19,21). The molecule has 3 aromatic rings. The summed E-state index contributed by atoms with van der Waals surface area (Å²) in [7, 11) is 0. The van der Waals surface area contributed by atoms with Crippen molar-refractivity contribution in [3.8, 4) is 0 Å². The third-order valence-electron chi connectivity index (χ3n) is 3.65. The minimum Gasteiger partial charge on any atom is -0.330 e. The zero-order chi connectivity index (χ0) is 15.0. The molecule has 0 unspecified atom stereocenters. The SMILES string of the molecule is CCc1ccccc1Cn1c(=S)[nH]c2ccc(F)c(F)c21. The van der Waals surface area contributed by atoms with Gasteiger partial charge in [-0.25, -0.2) is 8.78 Å².